The van der Waals surface area contributed by atoms with Crippen LogP contribution < -0.4 is 0 Å². The van der Waals surface area contributed by atoms with Crippen molar-refractivity contribution in [3.05, 3.63) is 58.5 Å². The minimum absolute atomic E-state index is 0.0421. The molecule has 0 radical (unpaired) electrons. The second-order valence-electron chi connectivity index (χ2n) is 6.59. The van der Waals surface area contributed by atoms with Crippen molar-refractivity contribution in [3.63, 3.8) is 0 Å². The van der Waals surface area contributed by atoms with Gasteiger partial charge in [-0.25, -0.2) is 0 Å². The Morgan fingerprint density at radius 3 is 2.87 bits per heavy atom. The molecule has 2 heterocycles. The van der Waals surface area contributed by atoms with Gasteiger partial charge in [-0.3, -0.25) is 4.79 Å². The third kappa shape index (κ3) is 2.53. The van der Waals surface area contributed by atoms with Crippen LogP contribution in [0.15, 0.2) is 34.7 Å². The van der Waals surface area contributed by atoms with Crippen LogP contribution >= 0.6 is 0 Å². The molecule has 4 rings (SSSR count). The molecular weight excluding hydrogens is 288 g/mol. The van der Waals surface area contributed by atoms with Crippen molar-refractivity contribution in [1.29, 1.82) is 5.26 Å². The third-order valence-corrected chi connectivity index (χ3v) is 4.95. The Morgan fingerprint density at radius 1 is 1.30 bits per heavy atom. The van der Waals surface area contributed by atoms with Gasteiger partial charge in [-0.2, -0.15) is 5.26 Å². The highest BCUT2D eigenvalue weighted by atomic mass is 16.4. The van der Waals surface area contributed by atoms with E-state index in [4.69, 9.17) is 9.68 Å². The molecule has 23 heavy (non-hydrogen) atoms. The van der Waals surface area contributed by atoms with Crippen LogP contribution in [0.1, 0.15) is 52.3 Å². The summed E-state index contributed by atoms with van der Waals surface area (Å²) in [5, 5.41) is 8.97. The van der Waals surface area contributed by atoms with Crippen LogP contribution in [0, 0.1) is 17.2 Å². The van der Waals surface area contributed by atoms with E-state index in [9.17, 15) is 4.79 Å². The maximum atomic E-state index is 12.7. The molecule has 1 saturated carbocycles. The summed E-state index contributed by atoms with van der Waals surface area (Å²) in [6, 6.07) is 11.6. The Hall–Kier alpha value is -2.54. The van der Waals surface area contributed by atoms with Crippen molar-refractivity contribution in [2.45, 2.75) is 32.2 Å². The van der Waals surface area contributed by atoms with Gasteiger partial charge in [-0.1, -0.05) is 13.0 Å². The first-order chi connectivity index (χ1) is 11.2. The van der Waals surface area contributed by atoms with Crippen molar-refractivity contribution in [1.82, 2.24) is 4.90 Å². The van der Waals surface area contributed by atoms with Crippen LogP contribution in [-0.4, -0.2) is 17.4 Å². The molecule has 0 bridgehead atoms. The van der Waals surface area contributed by atoms with Gasteiger partial charge < -0.3 is 9.32 Å². The number of benzene rings is 1. The Labute approximate surface area is 135 Å². The number of nitriles is 1. The van der Waals surface area contributed by atoms with E-state index in [1.165, 1.54) is 5.56 Å². The minimum atomic E-state index is -0.0421. The maximum absolute atomic E-state index is 12.7. The number of hydrogen-bond acceptors (Lipinski definition) is 3. The summed E-state index contributed by atoms with van der Waals surface area (Å²) in [4.78, 5) is 14.5. The molecule has 4 heteroatoms. The molecule has 4 nitrogen and oxygen atoms in total. The van der Waals surface area contributed by atoms with E-state index in [0.29, 0.717) is 36.2 Å². The summed E-state index contributed by atoms with van der Waals surface area (Å²) in [5.41, 5.74) is 2.96. The predicted molar refractivity (Wildman–Crippen MR) is 84.8 cm³/mol. The van der Waals surface area contributed by atoms with Gasteiger partial charge in [0.05, 0.1) is 11.6 Å². The first-order valence-electron chi connectivity index (χ1n) is 8.06. The summed E-state index contributed by atoms with van der Waals surface area (Å²) < 4.78 is 5.78. The van der Waals surface area contributed by atoms with Gasteiger partial charge >= 0.3 is 0 Å². The molecule has 0 saturated heterocycles. The van der Waals surface area contributed by atoms with Crippen LogP contribution in [0.2, 0.25) is 0 Å². The van der Waals surface area contributed by atoms with E-state index >= 15 is 0 Å². The lowest BCUT2D eigenvalue weighted by molar-refractivity contribution is 0.0700. The first kappa shape index (κ1) is 14.1. The summed E-state index contributed by atoms with van der Waals surface area (Å²) in [5.74, 6) is 2.50. The van der Waals surface area contributed by atoms with Gasteiger partial charge in [0.2, 0.25) is 0 Å². The molecular formula is C19H18N2O2. The number of carbonyl (C=O) groups excluding carboxylic acids is 1. The number of amides is 1. The fraction of sp³-hybridized carbons (Fsp3) is 0.368. The molecule has 2 aliphatic rings. The zero-order valence-electron chi connectivity index (χ0n) is 13.1. The van der Waals surface area contributed by atoms with Gasteiger partial charge in [0.1, 0.15) is 5.76 Å². The van der Waals surface area contributed by atoms with Gasteiger partial charge in [0, 0.05) is 19.0 Å². The number of carbonyl (C=O) groups is 1. The second-order valence-corrected chi connectivity index (χ2v) is 6.59. The fourth-order valence-corrected chi connectivity index (χ4v) is 3.34. The standard InChI is InChI=1S/C19H18N2O2/c1-12-8-16(12)17-4-5-18(23-17)19(22)21-7-6-14-9-13(10-20)2-3-15(14)11-21/h2-5,9,12,16H,6-8,11H2,1H3. The molecule has 2 atom stereocenters. The lowest BCUT2D eigenvalue weighted by Crippen LogP contribution is -2.35. The lowest BCUT2D eigenvalue weighted by atomic mass is 9.97. The Kier molecular flexibility index (Phi) is 3.23. The largest absolute Gasteiger partial charge is 0.456 e. The van der Waals surface area contributed by atoms with Crippen LogP contribution in [0.25, 0.3) is 0 Å². The number of rotatable bonds is 2. The van der Waals surface area contributed by atoms with Crippen molar-refractivity contribution >= 4 is 5.91 Å². The normalized spacial score (nSPS) is 22.3. The fourth-order valence-electron chi connectivity index (χ4n) is 3.34. The topological polar surface area (TPSA) is 57.2 Å². The van der Waals surface area contributed by atoms with Gasteiger partial charge in [-0.05, 0) is 54.2 Å². The number of furan rings is 1. The highest BCUT2D eigenvalue weighted by Crippen LogP contribution is 2.47. The van der Waals surface area contributed by atoms with Crippen molar-refractivity contribution < 1.29 is 9.21 Å². The molecule has 1 fully saturated rings. The smallest absolute Gasteiger partial charge is 0.289 e. The zero-order valence-corrected chi connectivity index (χ0v) is 13.1. The highest BCUT2D eigenvalue weighted by Gasteiger charge is 2.37. The second kappa shape index (κ2) is 5.27. The molecule has 1 amide bonds. The third-order valence-electron chi connectivity index (χ3n) is 4.95. The van der Waals surface area contributed by atoms with Crippen LogP contribution in [0.5, 0.6) is 0 Å². The van der Waals surface area contributed by atoms with Gasteiger partial charge in [0.15, 0.2) is 5.76 Å². The zero-order chi connectivity index (χ0) is 16.0. The Balaban J connectivity index is 1.51. The quantitative estimate of drug-likeness (QED) is 0.853. The molecule has 0 spiro atoms. The molecule has 2 aromatic rings. The van der Waals surface area contributed by atoms with E-state index in [2.05, 4.69) is 13.0 Å². The van der Waals surface area contributed by atoms with Crippen molar-refractivity contribution in [2.24, 2.45) is 5.92 Å². The molecule has 1 aliphatic carbocycles. The van der Waals surface area contributed by atoms with E-state index in [-0.39, 0.29) is 5.91 Å². The molecule has 1 aromatic carbocycles. The Bertz CT molecular complexity index is 815. The number of fused-ring (bicyclic) bond motifs is 1. The van der Waals surface area contributed by atoms with E-state index < -0.39 is 0 Å². The lowest BCUT2D eigenvalue weighted by Gasteiger charge is -2.28. The average molecular weight is 306 g/mol. The summed E-state index contributed by atoms with van der Waals surface area (Å²) in [7, 11) is 0. The summed E-state index contributed by atoms with van der Waals surface area (Å²) >= 11 is 0. The Morgan fingerprint density at radius 2 is 2.13 bits per heavy atom. The van der Waals surface area contributed by atoms with Crippen molar-refractivity contribution in [2.75, 3.05) is 6.54 Å². The molecule has 2 unspecified atom stereocenters. The van der Waals surface area contributed by atoms with Gasteiger partial charge in [0.25, 0.3) is 5.91 Å². The maximum Gasteiger partial charge on any atom is 0.289 e. The van der Waals surface area contributed by atoms with E-state index in [1.54, 1.807) is 6.07 Å². The van der Waals surface area contributed by atoms with Gasteiger partial charge in [-0.15, -0.1) is 0 Å². The van der Waals surface area contributed by atoms with E-state index in [1.807, 2.05) is 29.2 Å². The highest BCUT2D eigenvalue weighted by molar-refractivity contribution is 5.91. The van der Waals surface area contributed by atoms with Crippen LogP contribution in [-0.2, 0) is 13.0 Å². The number of nitrogens with zero attached hydrogens (tertiary/aromatic N) is 2. The first-order valence-corrected chi connectivity index (χ1v) is 8.06. The SMILES string of the molecule is CC1CC1c1ccc(C(=O)N2CCc3cc(C#N)ccc3C2)o1. The van der Waals surface area contributed by atoms with E-state index in [0.717, 1.165) is 24.2 Å². The monoisotopic (exact) mass is 306 g/mol. The molecule has 116 valence electrons. The van der Waals surface area contributed by atoms with Crippen LogP contribution in [0.3, 0.4) is 0 Å². The summed E-state index contributed by atoms with van der Waals surface area (Å²) in [6.45, 7) is 3.44. The molecule has 1 aromatic heterocycles. The average Bonchev–Trinajstić information content (AvgIpc) is 3.12. The predicted octanol–water partition coefficient (Wildman–Crippen LogP) is 3.47. The molecule has 1 aliphatic heterocycles. The number of hydrogen-bond donors (Lipinski definition) is 0. The van der Waals surface area contributed by atoms with Crippen LogP contribution in [0.4, 0.5) is 0 Å². The molecule has 0 N–H and O–H groups in total. The minimum Gasteiger partial charge on any atom is -0.456 e. The van der Waals surface area contributed by atoms with Crippen molar-refractivity contribution in [3.8, 4) is 6.07 Å². The summed E-state index contributed by atoms with van der Waals surface area (Å²) in [6.07, 6.45) is 1.93.